The Kier molecular flexibility index (Phi) is 5.47. The molecule has 2 fully saturated rings. The fourth-order valence-electron chi connectivity index (χ4n) is 3.94. The first-order valence-electron chi connectivity index (χ1n) is 9.85. The molecule has 0 aliphatic carbocycles. The number of carbonyl (C=O) groups excluding carboxylic acids is 2. The van der Waals surface area contributed by atoms with E-state index in [-0.39, 0.29) is 35.4 Å². The Morgan fingerprint density at radius 3 is 2.37 bits per heavy atom. The topological polar surface area (TPSA) is 64.1 Å². The summed E-state index contributed by atoms with van der Waals surface area (Å²) in [5, 5.41) is 10.8. The van der Waals surface area contributed by atoms with E-state index >= 15 is 0 Å². The molecule has 6 heteroatoms. The van der Waals surface area contributed by atoms with Crippen molar-refractivity contribution in [2.45, 2.75) is 45.6 Å². The number of likely N-dealkylation sites (N-methyl/N-ethyl adjacent to an activating group) is 1. The second kappa shape index (κ2) is 7.50. The highest BCUT2D eigenvalue weighted by Gasteiger charge is 2.39. The molecule has 1 aromatic rings. The smallest absolute Gasteiger partial charge is 0.257 e. The van der Waals surface area contributed by atoms with Gasteiger partial charge in [0.2, 0.25) is 5.91 Å². The van der Waals surface area contributed by atoms with E-state index in [0.717, 1.165) is 24.2 Å². The Labute approximate surface area is 161 Å². The predicted molar refractivity (Wildman–Crippen MR) is 105 cm³/mol. The van der Waals surface area contributed by atoms with Crippen LogP contribution in [0.4, 0.5) is 0 Å². The van der Waals surface area contributed by atoms with Crippen molar-refractivity contribution >= 4 is 11.8 Å². The van der Waals surface area contributed by atoms with E-state index < -0.39 is 0 Å². The van der Waals surface area contributed by atoms with E-state index in [2.05, 4.69) is 18.7 Å². The van der Waals surface area contributed by atoms with Crippen molar-refractivity contribution in [3.05, 3.63) is 28.8 Å². The monoisotopic (exact) mass is 373 g/mol. The van der Waals surface area contributed by atoms with Crippen LogP contribution in [-0.2, 0) is 4.79 Å². The lowest BCUT2D eigenvalue weighted by molar-refractivity contribution is -0.142. The van der Waals surface area contributed by atoms with Gasteiger partial charge in [-0.05, 0) is 29.0 Å². The highest BCUT2D eigenvalue weighted by molar-refractivity contribution is 5.98. The van der Waals surface area contributed by atoms with Crippen LogP contribution in [0.3, 0.4) is 0 Å². The van der Waals surface area contributed by atoms with E-state index in [1.807, 2.05) is 33.0 Å². The SMILES string of the molecule is CC(C)c1cc(C(=O)N2CCN3CCN(C)C(=O)C3C2)c(O)c(C(C)C)c1. The number of benzene rings is 1. The van der Waals surface area contributed by atoms with Gasteiger partial charge in [-0.25, -0.2) is 0 Å². The molecule has 6 nitrogen and oxygen atoms in total. The Morgan fingerprint density at radius 1 is 1.07 bits per heavy atom. The molecule has 27 heavy (non-hydrogen) atoms. The van der Waals surface area contributed by atoms with Crippen LogP contribution >= 0.6 is 0 Å². The third kappa shape index (κ3) is 3.68. The maximum atomic E-state index is 13.3. The quantitative estimate of drug-likeness (QED) is 0.883. The van der Waals surface area contributed by atoms with Crippen LogP contribution in [0.1, 0.15) is 61.0 Å². The number of hydrogen-bond donors (Lipinski definition) is 1. The van der Waals surface area contributed by atoms with Gasteiger partial charge in [-0.3, -0.25) is 14.5 Å². The van der Waals surface area contributed by atoms with Gasteiger partial charge in [0.15, 0.2) is 0 Å². The van der Waals surface area contributed by atoms with E-state index in [4.69, 9.17) is 0 Å². The third-order valence-electron chi connectivity index (χ3n) is 5.84. The van der Waals surface area contributed by atoms with E-state index in [1.54, 1.807) is 9.80 Å². The molecular formula is C21H31N3O3. The van der Waals surface area contributed by atoms with Crippen LogP contribution in [0.25, 0.3) is 0 Å². The molecule has 0 saturated carbocycles. The number of amides is 2. The number of fused-ring (bicyclic) bond motifs is 1. The number of rotatable bonds is 3. The number of phenolic OH excluding ortho intramolecular Hbond substituents is 1. The maximum absolute atomic E-state index is 13.3. The van der Waals surface area contributed by atoms with Crippen LogP contribution in [0.5, 0.6) is 5.75 Å². The summed E-state index contributed by atoms with van der Waals surface area (Å²) < 4.78 is 0. The molecule has 1 atom stereocenters. The molecule has 148 valence electrons. The van der Waals surface area contributed by atoms with Crippen molar-refractivity contribution < 1.29 is 14.7 Å². The molecule has 2 saturated heterocycles. The molecule has 2 amide bonds. The van der Waals surface area contributed by atoms with Crippen molar-refractivity contribution in [3.8, 4) is 5.75 Å². The van der Waals surface area contributed by atoms with Crippen molar-refractivity contribution in [1.29, 1.82) is 0 Å². The minimum absolute atomic E-state index is 0.0711. The third-order valence-corrected chi connectivity index (χ3v) is 5.84. The largest absolute Gasteiger partial charge is 0.507 e. The van der Waals surface area contributed by atoms with Gasteiger partial charge in [-0.15, -0.1) is 0 Å². The molecule has 0 radical (unpaired) electrons. The number of phenols is 1. The Morgan fingerprint density at radius 2 is 1.74 bits per heavy atom. The van der Waals surface area contributed by atoms with Gasteiger partial charge < -0.3 is 14.9 Å². The molecule has 1 N–H and O–H groups in total. The summed E-state index contributed by atoms with van der Waals surface area (Å²) >= 11 is 0. The van der Waals surface area contributed by atoms with Crippen LogP contribution in [0.15, 0.2) is 12.1 Å². The number of hydrogen-bond acceptors (Lipinski definition) is 4. The number of nitrogens with zero attached hydrogens (tertiary/aromatic N) is 3. The van der Waals surface area contributed by atoms with Crippen molar-refractivity contribution in [2.24, 2.45) is 0 Å². The first kappa shape index (κ1) is 19.7. The van der Waals surface area contributed by atoms with Crippen molar-refractivity contribution in [2.75, 3.05) is 39.8 Å². The summed E-state index contributed by atoms with van der Waals surface area (Å²) in [6, 6.07) is 3.54. The maximum Gasteiger partial charge on any atom is 0.257 e. The van der Waals surface area contributed by atoms with E-state index in [1.165, 1.54) is 0 Å². The van der Waals surface area contributed by atoms with Crippen molar-refractivity contribution in [1.82, 2.24) is 14.7 Å². The molecule has 2 aliphatic heterocycles. The Bertz CT molecular complexity index is 744. The number of piperazine rings is 2. The average Bonchev–Trinajstić information content (AvgIpc) is 2.63. The summed E-state index contributed by atoms with van der Waals surface area (Å²) in [6.45, 7) is 11.4. The molecule has 0 aromatic heterocycles. The van der Waals surface area contributed by atoms with E-state index in [0.29, 0.717) is 25.2 Å². The summed E-state index contributed by atoms with van der Waals surface area (Å²) in [5.74, 6) is 0.356. The van der Waals surface area contributed by atoms with Gasteiger partial charge in [-0.2, -0.15) is 0 Å². The zero-order chi connectivity index (χ0) is 19.9. The lowest BCUT2D eigenvalue weighted by Crippen LogP contribution is -2.64. The molecule has 0 bridgehead atoms. The van der Waals surface area contributed by atoms with Crippen molar-refractivity contribution in [3.63, 3.8) is 0 Å². The normalized spacial score (nSPS) is 21.1. The van der Waals surface area contributed by atoms with E-state index in [9.17, 15) is 14.7 Å². The minimum atomic E-state index is -0.276. The van der Waals surface area contributed by atoms with Crippen LogP contribution in [0.2, 0.25) is 0 Å². The second-order valence-corrected chi connectivity index (χ2v) is 8.38. The highest BCUT2D eigenvalue weighted by atomic mass is 16.3. The molecule has 1 aromatic carbocycles. The molecule has 0 spiro atoms. The number of carbonyl (C=O) groups is 2. The van der Waals surface area contributed by atoms with Gasteiger partial charge in [0, 0.05) is 39.8 Å². The molecule has 2 heterocycles. The summed E-state index contributed by atoms with van der Waals surface area (Å²) in [6.07, 6.45) is 0. The molecule has 3 rings (SSSR count). The standard InChI is InChI=1S/C21H31N3O3/c1-13(2)15-10-16(14(3)4)19(25)17(11-15)20(26)24-9-8-23-7-6-22(5)21(27)18(23)12-24/h10-11,13-14,18,25H,6-9,12H2,1-5H3. The zero-order valence-electron chi connectivity index (χ0n) is 17.0. The first-order chi connectivity index (χ1) is 12.7. The fraction of sp³-hybridized carbons (Fsp3) is 0.619. The summed E-state index contributed by atoms with van der Waals surface area (Å²) in [5.41, 5.74) is 2.21. The Hall–Kier alpha value is -2.08. The lowest BCUT2D eigenvalue weighted by Gasteiger charge is -2.45. The first-order valence-corrected chi connectivity index (χ1v) is 9.85. The average molecular weight is 373 g/mol. The van der Waals surface area contributed by atoms with Gasteiger partial charge in [0.05, 0.1) is 5.56 Å². The Balaban J connectivity index is 1.90. The zero-order valence-corrected chi connectivity index (χ0v) is 17.0. The van der Waals surface area contributed by atoms with Gasteiger partial charge in [0.1, 0.15) is 11.8 Å². The minimum Gasteiger partial charge on any atom is -0.507 e. The van der Waals surface area contributed by atoms with Crippen LogP contribution in [-0.4, -0.2) is 77.4 Å². The highest BCUT2D eigenvalue weighted by Crippen LogP contribution is 2.34. The molecular weight excluding hydrogens is 342 g/mol. The van der Waals surface area contributed by atoms with Gasteiger partial charge in [0.25, 0.3) is 5.91 Å². The van der Waals surface area contributed by atoms with Gasteiger partial charge >= 0.3 is 0 Å². The lowest BCUT2D eigenvalue weighted by atomic mass is 9.91. The van der Waals surface area contributed by atoms with Gasteiger partial charge in [-0.1, -0.05) is 33.8 Å². The summed E-state index contributed by atoms with van der Waals surface area (Å²) in [4.78, 5) is 31.4. The summed E-state index contributed by atoms with van der Waals surface area (Å²) in [7, 11) is 1.81. The van der Waals surface area contributed by atoms with Crippen LogP contribution < -0.4 is 0 Å². The molecule has 1 unspecified atom stereocenters. The van der Waals surface area contributed by atoms with Crippen LogP contribution in [0, 0.1) is 0 Å². The number of aromatic hydroxyl groups is 1. The second-order valence-electron chi connectivity index (χ2n) is 8.38. The molecule has 2 aliphatic rings. The fourth-order valence-corrected chi connectivity index (χ4v) is 3.94. The predicted octanol–water partition coefficient (Wildman–Crippen LogP) is 2.24.